The Morgan fingerprint density at radius 2 is 1.84 bits per heavy atom. The molecule has 0 spiro atoms. The number of fused-ring (bicyclic) bond motifs is 1. The molecule has 1 N–H and O–H groups in total. The SMILES string of the molecule is COc1cccc(C(C(=O)NC2CCCC2)N(C(=O)Cn2nnc3ccccc32)c2ccccc2F)c1. The van der Waals surface area contributed by atoms with Crippen molar-refractivity contribution in [2.75, 3.05) is 12.0 Å². The molecule has 0 aliphatic heterocycles. The van der Waals surface area contributed by atoms with E-state index in [4.69, 9.17) is 4.74 Å². The lowest BCUT2D eigenvalue weighted by atomic mass is 10.0. The van der Waals surface area contributed by atoms with Crippen LogP contribution in [0.25, 0.3) is 11.0 Å². The summed E-state index contributed by atoms with van der Waals surface area (Å²) in [5, 5.41) is 11.3. The average Bonchev–Trinajstić information content (AvgIpc) is 3.58. The van der Waals surface area contributed by atoms with Crippen molar-refractivity contribution in [1.82, 2.24) is 20.3 Å². The second-order valence-electron chi connectivity index (χ2n) is 9.12. The Labute approximate surface area is 214 Å². The third-order valence-electron chi connectivity index (χ3n) is 6.70. The van der Waals surface area contributed by atoms with Crippen LogP contribution in [0.2, 0.25) is 0 Å². The summed E-state index contributed by atoms with van der Waals surface area (Å²) in [7, 11) is 1.53. The number of amides is 2. The summed E-state index contributed by atoms with van der Waals surface area (Å²) in [5.74, 6) is -0.962. The lowest BCUT2D eigenvalue weighted by Gasteiger charge is -2.32. The van der Waals surface area contributed by atoms with E-state index in [0.717, 1.165) is 25.7 Å². The minimum atomic E-state index is -1.13. The van der Waals surface area contributed by atoms with Gasteiger partial charge in [0.2, 0.25) is 11.8 Å². The van der Waals surface area contributed by atoms with Gasteiger partial charge in [-0.3, -0.25) is 14.5 Å². The van der Waals surface area contributed by atoms with Gasteiger partial charge in [0.25, 0.3) is 0 Å². The fourth-order valence-electron chi connectivity index (χ4n) is 4.88. The molecule has 190 valence electrons. The molecule has 4 aromatic rings. The number of halogens is 1. The van der Waals surface area contributed by atoms with Gasteiger partial charge in [0, 0.05) is 6.04 Å². The normalized spacial score (nSPS) is 14.4. The van der Waals surface area contributed by atoms with Crippen molar-refractivity contribution in [3.63, 3.8) is 0 Å². The molecule has 1 aliphatic carbocycles. The fraction of sp³-hybridized carbons (Fsp3) is 0.286. The first kappa shape index (κ1) is 24.4. The number of benzene rings is 3. The highest BCUT2D eigenvalue weighted by molar-refractivity contribution is 6.01. The van der Waals surface area contributed by atoms with Crippen LogP contribution in [0.3, 0.4) is 0 Å². The van der Waals surface area contributed by atoms with Crippen LogP contribution >= 0.6 is 0 Å². The fourth-order valence-corrected chi connectivity index (χ4v) is 4.88. The Bertz CT molecular complexity index is 1420. The van der Waals surface area contributed by atoms with Crippen LogP contribution in [0.4, 0.5) is 10.1 Å². The summed E-state index contributed by atoms with van der Waals surface area (Å²) in [6.45, 7) is -0.230. The minimum absolute atomic E-state index is 0.00585. The zero-order valence-corrected chi connectivity index (χ0v) is 20.5. The molecule has 1 heterocycles. The van der Waals surface area contributed by atoms with E-state index in [-0.39, 0.29) is 24.2 Å². The summed E-state index contributed by atoms with van der Waals surface area (Å²) in [6.07, 6.45) is 3.80. The molecular weight excluding hydrogens is 473 g/mol. The van der Waals surface area contributed by atoms with Crippen molar-refractivity contribution < 1.29 is 18.7 Å². The van der Waals surface area contributed by atoms with Crippen LogP contribution in [0.1, 0.15) is 37.3 Å². The smallest absolute Gasteiger partial charge is 0.249 e. The highest BCUT2D eigenvalue weighted by atomic mass is 19.1. The molecule has 1 aromatic heterocycles. The molecule has 3 aromatic carbocycles. The van der Waals surface area contributed by atoms with Crippen LogP contribution in [-0.4, -0.2) is 40.0 Å². The van der Waals surface area contributed by atoms with Crippen LogP contribution in [0, 0.1) is 5.82 Å². The summed E-state index contributed by atoms with van der Waals surface area (Å²) in [5.41, 5.74) is 1.81. The first-order valence-corrected chi connectivity index (χ1v) is 12.3. The number of carbonyl (C=O) groups excluding carboxylic acids is 2. The number of nitrogens with zero attached hydrogens (tertiary/aromatic N) is 4. The number of hydrogen-bond acceptors (Lipinski definition) is 5. The van der Waals surface area contributed by atoms with Crippen LogP contribution in [-0.2, 0) is 16.1 Å². The van der Waals surface area contributed by atoms with Crippen molar-refractivity contribution >= 4 is 28.5 Å². The zero-order chi connectivity index (χ0) is 25.8. The Balaban J connectivity index is 1.59. The van der Waals surface area contributed by atoms with Gasteiger partial charge in [0.1, 0.15) is 29.7 Å². The van der Waals surface area contributed by atoms with Crippen molar-refractivity contribution in [3.8, 4) is 5.75 Å². The molecule has 0 radical (unpaired) electrons. The predicted octanol–water partition coefficient (Wildman–Crippen LogP) is 4.41. The molecule has 1 atom stereocenters. The number of rotatable bonds is 8. The molecule has 5 rings (SSSR count). The van der Waals surface area contributed by atoms with Crippen LogP contribution in [0.5, 0.6) is 5.75 Å². The summed E-state index contributed by atoms with van der Waals surface area (Å²) >= 11 is 0. The van der Waals surface area contributed by atoms with E-state index in [1.165, 1.54) is 28.8 Å². The van der Waals surface area contributed by atoms with E-state index < -0.39 is 17.8 Å². The quantitative estimate of drug-likeness (QED) is 0.386. The predicted molar refractivity (Wildman–Crippen MR) is 138 cm³/mol. The number of nitrogens with one attached hydrogen (secondary N) is 1. The molecule has 1 fully saturated rings. The number of anilines is 1. The largest absolute Gasteiger partial charge is 0.497 e. The van der Waals surface area contributed by atoms with E-state index in [2.05, 4.69) is 15.6 Å². The van der Waals surface area contributed by atoms with E-state index >= 15 is 4.39 Å². The third kappa shape index (κ3) is 5.16. The maximum Gasteiger partial charge on any atom is 0.249 e. The van der Waals surface area contributed by atoms with Crippen LogP contribution in [0.15, 0.2) is 72.8 Å². The number of carbonyl (C=O) groups is 2. The third-order valence-corrected chi connectivity index (χ3v) is 6.70. The summed E-state index contributed by atoms with van der Waals surface area (Å²) in [4.78, 5) is 29.0. The molecule has 9 heteroatoms. The summed E-state index contributed by atoms with van der Waals surface area (Å²) < 4.78 is 22.1. The second kappa shape index (κ2) is 10.8. The van der Waals surface area contributed by atoms with Gasteiger partial charge >= 0.3 is 0 Å². The van der Waals surface area contributed by atoms with E-state index in [9.17, 15) is 9.59 Å². The van der Waals surface area contributed by atoms with Crippen molar-refractivity contribution in [2.45, 2.75) is 44.3 Å². The highest BCUT2D eigenvalue weighted by Gasteiger charge is 2.36. The Kier molecular flexibility index (Phi) is 7.11. The van der Waals surface area contributed by atoms with Crippen LogP contribution < -0.4 is 15.0 Å². The van der Waals surface area contributed by atoms with Gasteiger partial charge < -0.3 is 10.1 Å². The maximum atomic E-state index is 15.2. The topological polar surface area (TPSA) is 89.4 Å². The average molecular weight is 502 g/mol. The van der Waals surface area contributed by atoms with Gasteiger partial charge in [-0.1, -0.05) is 54.5 Å². The van der Waals surface area contributed by atoms with Gasteiger partial charge in [-0.05, 0) is 54.8 Å². The number of para-hydroxylation sites is 2. The van der Waals surface area contributed by atoms with Crippen molar-refractivity contribution in [1.29, 1.82) is 0 Å². The van der Waals surface area contributed by atoms with Crippen molar-refractivity contribution in [2.24, 2.45) is 0 Å². The molecular formula is C28H28FN5O3. The number of methoxy groups -OCH3 is 1. The zero-order valence-electron chi connectivity index (χ0n) is 20.5. The Hall–Kier alpha value is -4.27. The molecule has 37 heavy (non-hydrogen) atoms. The highest BCUT2D eigenvalue weighted by Crippen LogP contribution is 2.33. The van der Waals surface area contributed by atoms with E-state index in [1.54, 1.807) is 42.5 Å². The van der Waals surface area contributed by atoms with Gasteiger partial charge in [-0.2, -0.15) is 0 Å². The van der Waals surface area contributed by atoms with Gasteiger partial charge in [0.05, 0.1) is 18.3 Å². The number of hydrogen-bond donors (Lipinski definition) is 1. The van der Waals surface area contributed by atoms with Crippen molar-refractivity contribution in [3.05, 3.63) is 84.2 Å². The Morgan fingerprint density at radius 3 is 2.62 bits per heavy atom. The first-order valence-electron chi connectivity index (χ1n) is 12.3. The molecule has 2 amide bonds. The molecule has 8 nitrogen and oxygen atoms in total. The minimum Gasteiger partial charge on any atom is -0.497 e. The van der Waals surface area contributed by atoms with Gasteiger partial charge in [-0.15, -0.1) is 5.10 Å². The summed E-state index contributed by atoms with van der Waals surface area (Å²) in [6, 6.07) is 19.1. The standard InChI is InChI=1S/C28H28FN5O3/c1-37-21-12-8-9-19(17-21)27(28(36)30-20-10-2-3-11-20)34(24-15-6-4-13-22(24)29)26(35)18-33-25-16-7-5-14-23(25)31-32-33/h4-9,12-17,20,27H,2-3,10-11,18H2,1H3,(H,30,36). The van der Waals surface area contributed by atoms with Gasteiger partial charge in [0.15, 0.2) is 0 Å². The second-order valence-corrected chi connectivity index (χ2v) is 9.12. The van der Waals surface area contributed by atoms with E-state index in [1.807, 2.05) is 18.2 Å². The van der Waals surface area contributed by atoms with E-state index in [0.29, 0.717) is 22.3 Å². The lowest BCUT2D eigenvalue weighted by Crippen LogP contribution is -2.47. The van der Waals surface area contributed by atoms with Gasteiger partial charge in [-0.25, -0.2) is 9.07 Å². The Morgan fingerprint density at radius 1 is 1.08 bits per heavy atom. The molecule has 0 saturated heterocycles. The molecule has 1 aliphatic rings. The molecule has 0 bridgehead atoms. The maximum absolute atomic E-state index is 15.2. The monoisotopic (exact) mass is 501 g/mol. The number of ether oxygens (including phenoxy) is 1. The number of aromatic nitrogens is 3. The lowest BCUT2D eigenvalue weighted by molar-refractivity contribution is -0.127. The first-order chi connectivity index (χ1) is 18.0. The molecule has 1 saturated carbocycles. The molecule has 1 unspecified atom stereocenters.